The van der Waals surface area contributed by atoms with E-state index in [0.29, 0.717) is 6.04 Å². The van der Waals surface area contributed by atoms with Crippen LogP contribution in [0, 0.1) is 0 Å². The van der Waals surface area contributed by atoms with Crippen LogP contribution in [0.1, 0.15) is 18.5 Å². The van der Waals surface area contributed by atoms with Gasteiger partial charge in [0.1, 0.15) is 0 Å². The van der Waals surface area contributed by atoms with Crippen molar-refractivity contribution >= 4 is 5.69 Å². The number of benzene rings is 1. The summed E-state index contributed by atoms with van der Waals surface area (Å²) in [5.41, 5.74) is 7.97. The van der Waals surface area contributed by atoms with Gasteiger partial charge >= 0.3 is 0 Å². The predicted octanol–water partition coefficient (Wildman–Crippen LogP) is 1.59. The molecule has 19 heavy (non-hydrogen) atoms. The van der Waals surface area contributed by atoms with Crippen molar-refractivity contribution in [3.8, 4) is 0 Å². The Labute approximate surface area is 116 Å². The molecule has 1 aliphatic heterocycles. The summed E-state index contributed by atoms with van der Waals surface area (Å²) in [6, 6.07) is 8.56. The Hall–Kier alpha value is -1.10. The number of nitrogens with zero attached hydrogens (tertiary/aromatic N) is 2. The number of rotatable bonds is 5. The highest BCUT2D eigenvalue weighted by atomic mass is 16.5. The van der Waals surface area contributed by atoms with Gasteiger partial charge in [0.2, 0.25) is 0 Å². The van der Waals surface area contributed by atoms with E-state index in [2.05, 4.69) is 35.9 Å². The number of morpholine rings is 1. The molecular formula is C15H25N3O. The fraction of sp³-hybridized carbons (Fsp3) is 0.600. The van der Waals surface area contributed by atoms with Crippen LogP contribution in [-0.4, -0.2) is 56.2 Å². The van der Waals surface area contributed by atoms with Gasteiger partial charge in [-0.1, -0.05) is 12.1 Å². The summed E-state index contributed by atoms with van der Waals surface area (Å²) >= 11 is 0. The molecule has 0 amide bonds. The quantitative estimate of drug-likeness (QED) is 0.819. The maximum Gasteiger partial charge on any atom is 0.0594 e. The Morgan fingerprint density at radius 1 is 1.37 bits per heavy atom. The minimum atomic E-state index is 0.393. The smallest absolute Gasteiger partial charge is 0.0594 e. The van der Waals surface area contributed by atoms with Gasteiger partial charge in [-0.2, -0.15) is 0 Å². The van der Waals surface area contributed by atoms with Crippen LogP contribution in [-0.2, 0) is 4.74 Å². The zero-order valence-electron chi connectivity index (χ0n) is 12.0. The second-order valence-electron chi connectivity index (χ2n) is 5.28. The highest BCUT2D eigenvalue weighted by Gasteiger charge is 2.14. The number of anilines is 1. The van der Waals surface area contributed by atoms with Crippen LogP contribution in [0.4, 0.5) is 5.69 Å². The Balaban J connectivity index is 1.83. The van der Waals surface area contributed by atoms with Crippen LogP contribution < -0.4 is 5.73 Å². The molecule has 1 aromatic carbocycles. The van der Waals surface area contributed by atoms with Gasteiger partial charge in [0, 0.05) is 37.9 Å². The second-order valence-corrected chi connectivity index (χ2v) is 5.28. The van der Waals surface area contributed by atoms with E-state index in [0.717, 1.165) is 45.1 Å². The zero-order valence-corrected chi connectivity index (χ0v) is 12.0. The minimum absolute atomic E-state index is 0.393. The fourth-order valence-corrected chi connectivity index (χ4v) is 2.39. The SMILES string of the molecule is CC(c1cccc(N)c1)N(C)CCN1CCOCC1. The van der Waals surface area contributed by atoms with Crippen LogP contribution in [0.15, 0.2) is 24.3 Å². The molecule has 0 aromatic heterocycles. The van der Waals surface area contributed by atoms with Gasteiger partial charge in [-0.05, 0) is 31.7 Å². The number of nitrogen functional groups attached to an aromatic ring is 1. The fourth-order valence-electron chi connectivity index (χ4n) is 2.39. The molecule has 1 unspecified atom stereocenters. The van der Waals surface area contributed by atoms with Gasteiger partial charge < -0.3 is 10.5 Å². The normalized spacial score (nSPS) is 18.7. The first-order valence-corrected chi connectivity index (χ1v) is 7.02. The number of hydrogen-bond donors (Lipinski definition) is 1. The van der Waals surface area contributed by atoms with Crippen molar-refractivity contribution < 1.29 is 4.74 Å². The first-order valence-electron chi connectivity index (χ1n) is 7.02. The van der Waals surface area contributed by atoms with E-state index < -0.39 is 0 Å². The van der Waals surface area contributed by atoms with Gasteiger partial charge in [0.05, 0.1) is 13.2 Å². The third-order valence-corrected chi connectivity index (χ3v) is 3.93. The Morgan fingerprint density at radius 3 is 2.79 bits per heavy atom. The van der Waals surface area contributed by atoms with E-state index in [4.69, 9.17) is 10.5 Å². The lowest BCUT2D eigenvalue weighted by Gasteiger charge is -2.31. The topological polar surface area (TPSA) is 41.7 Å². The predicted molar refractivity (Wildman–Crippen MR) is 79.2 cm³/mol. The molecule has 1 aromatic rings. The first-order chi connectivity index (χ1) is 9.16. The van der Waals surface area contributed by atoms with Crippen LogP contribution in [0.25, 0.3) is 0 Å². The maximum atomic E-state index is 5.85. The molecule has 2 rings (SSSR count). The number of likely N-dealkylation sites (N-methyl/N-ethyl adjacent to an activating group) is 1. The van der Waals surface area contributed by atoms with Gasteiger partial charge in [0.15, 0.2) is 0 Å². The van der Waals surface area contributed by atoms with E-state index in [1.54, 1.807) is 0 Å². The third-order valence-electron chi connectivity index (χ3n) is 3.93. The minimum Gasteiger partial charge on any atom is -0.399 e. The summed E-state index contributed by atoms with van der Waals surface area (Å²) in [4.78, 5) is 4.84. The van der Waals surface area contributed by atoms with Gasteiger partial charge in [0.25, 0.3) is 0 Å². The average Bonchev–Trinajstić information content (AvgIpc) is 2.45. The van der Waals surface area contributed by atoms with E-state index in [1.807, 2.05) is 12.1 Å². The Bertz CT molecular complexity index is 391. The van der Waals surface area contributed by atoms with Crippen molar-refractivity contribution in [3.05, 3.63) is 29.8 Å². The summed E-state index contributed by atoms with van der Waals surface area (Å²) in [7, 11) is 2.17. The van der Waals surface area contributed by atoms with Gasteiger partial charge in [-0.15, -0.1) is 0 Å². The molecule has 1 atom stereocenters. The highest BCUT2D eigenvalue weighted by Crippen LogP contribution is 2.20. The molecule has 1 aliphatic rings. The Kier molecular flexibility index (Phi) is 5.19. The van der Waals surface area contributed by atoms with Gasteiger partial charge in [-0.25, -0.2) is 0 Å². The molecular weight excluding hydrogens is 238 g/mol. The van der Waals surface area contributed by atoms with E-state index >= 15 is 0 Å². The number of hydrogen-bond acceptors (Lipinski definition) is 4. The molecule has 0 saturated carbocycles. The highest BCUT2D eigenvalue weighted by molar-refractivity contribution is 5.41. The first kappa shape index (κ1) is 14.3. The standard InChI is InChI=1S/C15H25N3O/c1-13(14-4-3-5-15(16)12-14)17(2)6-7-18-8-10-19-11-9-18/h3-5,12-13H,6-11,16H2,1-2H3. The van der Waals surface area contributed by atoms with Crippen molar-refractivity contribution in [2.45, 2.75) is 13.0 Å². The molecule has 106 valence electrons. The van der Waals surface area contributed by atoms with Crippen LogP contribution in [0.3, 0.4) is 0 Å². The molecule has 0 spiro atoms. The van der Waals surface area contributed by atoms with Crippen molar-refractivity contribution in [2.75, 3.05) is 52.2 Å². The zero-order chi connectivity index (χ0) is 13.7. The van der Waals surface area contributed by atoms with E-state index in [-0.39, 0.29) is 0 Å². The van der Waals surface area contributed by atoms with Crippen LogP contribution in [0.2, 0.25) is 0 Å². The van der Waals surface area contributed by atoms with Crippen LogP contribution >= 0.6 is 0 Å². The van der Waals surface area contributed by atoms with E-state index in [9.17, 15) is 0 Å². The van der Waals surface area contributed by atoms with Crippen LogP contribution in [0.5, 0.6) is 0 Å². The van der Waals surface area contributed by atoms with Crippen molar-refractivity contribution in [1.82, 2.24) is 9.80 Å². The Morgan fingerprint density at radius 2 is 2.11 bits per heavy atom. The molecule has 2 N–H and O–H groups in total. The second kappa shape index (κ2) is 6.89. The molecule has 0 radical (unpaired) electrons. The number of ether oxygens (including phenoxy) is 1. The number of nitrogens with two attached hydrogens (primary N) is 1. The largest absolute Gasteiger partial charge is 0.399 e. The maximum absolute atomic E-state index is 5.85. The summed E-state index contributed by atoms with van der Waals surface area (Å²) in [5, 5.41) is 0. The molecule has 1 saturated heterocycles. The third kappa shape index (κ3) is 4.20. The lowest BCUT2D eigenvalue weighted by atomic mass is 10.1. The molecule has 0 aliphatic carbocycles. The monoisotopic (exact) mass is 263 g/mol. The molecule has 0 bridgehead atoms. The van der Waals surface area contributed by atoms with E-state index in [1.165, 1.54) is 5.56 Å². The summed E-state index contributed by atoms with van der Waals surface area (Å²) in [6.07, 6.45) is 0. The van der Waals surface area contributed by atoms with Gasteiger partial charge in [-0.3, -0.25) is 9.80 Å². The van der Waals surface area contributed by atoms with Crippen molar-refractivity contribution in [2.24, 2.45) is 0 Å². The average molecular weight is 263 g/mol. The summed E-state index contributed by atoms with van der Waals surface area (Å²) in [5.74, 6) is 0. The molecule has 4 nitrogen and oxygen atoms in total. The molecule has 1 fully saturated rings. The van der Waals surface area contributed by atoms with Crippen molar-refractivity contribution in [3.63, 3.8) is 0 Å². The van der Waals surface area contributed by atoms with Crippen molar-refractivity contribution in [1.29, 1.82) is 0 Å². The lowest BCUT2D eigenvalue weighted by Crippen LogP contribution is -2.41. The summed E-state index contributed by atoms with van der Waals surface area (Å²) < 4.78 is 5.37. The summed E-state index contributed by atoms with van der Waals surface area (Å²) in [6.45, 7) is 8.25. The molecule has 4 heteroatoms. The lowest BCUT2D eigenvalue weighted by molar-refractivity contribution is 0.0329. The molecule has 1 heterocycles.